The Hall–Kier alpha value is -1.06. The second kappa shape index (κ2) is 9.06. The number of amides is 2. The van der Waals surface area contributed by atoms with Crippen LogP contribution in [0.4, 0.5) is 13.2 Å². The van der Waals surface area contributed by atoms with E-state index in [1.54, 1.807) is 10.2 Å². The molecule has 1 aliphatic heterocycles. The van der Waals surface area contributed by atoms with Gasteiger partial charge >= 0.3 is 6.18 Å². The van der Waals surface area contributed by atoms with Gasteiger partial charge in [-0.2, -0.15) is 13.2 Å². The summed E-state index contributed by atoms with van der Waals surface area (Å²) in [6.45, 7) is 1.07. The van der Waals surface area contributed by atoms with E-state index in [0.29, 0.717) is 13.1 Å². The highest BCUT2D eigenvalue weighted by Gasteiger charge is 2.28. The van der Waals surface area contributed by atoms with Crippen LogP contribution >= 0.6 is 12.4 Å². The lowest BCUT2D eigenvalue weighted by Gasteiger charge is -2.29. The van der Waals surface area contributed by atoms with Crippen LogP contribution in [0.3, 0.4) is 0 Å². The molecule has 1 fully saturated rings. The number of likely N-dealkylation sites (N-methyl/N-ethyl adjacent to an activating group) is 1. The fraction of sp³-hybridized carbons (Fsp3) is 0.818. The average molecular weight is 333 g/mol. The maximum Gasteiger partial charge on any atom is 0.405 e. The fourth-order valence-electron chi connectivity index (χ4n) is 1.80. The highest BCUT2D eigenvalue weighted by atomic mass is 35.5. The van der Waals surface area contributed by atoms with Gasteiger partial charge in [0.25, 0.3) is 0 Å². The van der Waals surface area contributed by atoms with Gasteiger partial charge in [0, 0.05) is 26.2 Å². The summed E-state index contributed by atoms with van der Waals surface area (Å²) >= 11 is 0. The van der Waals surface area contributed by atoms with E-state index in [1.807, 2.05) is 0 Å². The lowest BCUT2D eigenvalue weighted by atomic mass is 10.3. The summed E-state index contributed by atoms with van der Waals surface area (Å²) in [6.07, 6.45) is -4.43. The second-order valence-corrected chi connectivity index (χ2v) is 4.69. The molecule has 0 bridgehead atoms. The molecule has 0 aliphatic carbocycles. The van der Waals surface area contributed by atoms with Gasteiger partial charge in [-0.3, -0.25) is 14.5 Å². The quantitative estimate of drug-likeness (QED) is 0.709. The van der Waals surface area contributed by atoms with E-state index in [9.17, 15) is 22.8 Å². The van der Waals surface area contributed by atoms with Crippen LogP contribution in [-0.2, 0) is 9.59 Å². The Balaban J connectivity index is 0.00000400. The number of piperazine rings is 1. The first-order valence-electron chi connectivity index (χ1n) is 6.28. The first kappa shape index (κ1) is 19.9. The van der Waals surface area contributed by atoms with Gasteiger partial charge in [-0.05, 0) is 7.05 Å². The molecule has 0 aromatic carbocycles. The number of hydrogen-bond acceptors (Lipinski definition) is 4. The summed E-state index contributed by atoms with van der Waals surface area (Å²) in [5.41, 5.74) is 0. The number of rotatable bonds is 5. The Morgan fingerprint density at radius 2 is 1.81 bits per heavy atom. The Morgan fingerprint density at radius 1 is 1.24 bits per heavy atom. The van der Waals surface area contributed by atoms with Crippen LogP contribution < -0.4 is 10.6 Å². The minimum Gasteiger partial charge on any atom is -0.346 e. The normalized spacial score (nSPS) is 15.6. The van der Waals surface area contributed by atoms with Crippen molar-refractivity contribution in [3.63, 3.8) is 0 Å². The van der Waals surface area contributed by atoms with E-state index in [4.69, 9.17) is 0 Å². The lowest BCUT2D eigenvalue weighted by Crippen LogP contribution is -2.50. The summed E-state index contributed by atoms with van der Waals surface area (Å²) < 4.78 is 35.7. The van der Waals surface area contributed by atoms with E-state index in [2.05, 4.69) is 5.32 Å². The Kier molecular flexibility index (Phi) is 8.60. The molecule has 1 heterocycles. The molecule has 1 aliphatic rings. The van der Waals surface area contributed by atoms with E-state index in [0.717, 1.165) is 13.1 Å². The van der Waals surface area contributed by atoms with Gasteiger partial charge in [-0.15, -0.1) is 12.4 Å². The molecule has 0 aromatic rings. The second-order valence-electron chi connectivity index (χ2n) is 4.69. The third kappa shape index (κ3) is 8.74. The zero-order valence-electron chi connectivity index (χ0n) is 11.7. The zero-order chi connectivity index (χ0) is 15.2. The molecule has 0 spiro atoms. The van der Waals surface area contributed by atoms with Crippen LogP contribution in [0.5, 0.6) is 0 Å². The van der Waals surface area contributed by atoms with Crippen LogP contribution in [0.25, 0.3) is 0 Å². The van der Waals surface area contributed by atoms with Crippen LogP contribution in [0, 0.1) is 0 Å². The predicted molar refractivity (Wildman–Crippen MR) is 73.3 cm³/mol. The standard InChI is InChI=1S/C11H19F3N4O2.ClH/c1-17(6-9(19)16-8-11(12,13)14)7-10(20)18-4-2-15-3-5-18;/h15H,2-8H2,1H3,(H,16,19);1H. The van der Waals surface area contributed by atoms with Crippen molar-refractivity contribution >= 4 is 24.2 Å². The van der Waals surface area contributed by atoms with Crippen LogP contribution in [0.15, 0.2) is 0 Å². The highest BCUT2D eigenvalue weighted by molar-refractivity contribution is 5.85. The number of hydrogen-bond donors (Lipinski definition) is 2. The topological polar surface area (TPSA) is 64.7 Å². The van der Waals surface area contributed by atoms with Gasteiger partial charge in [0.15, 0.2) is 0 Å². The third-order valence-corrected chi connectivity index (χ3v) is 2.77. The van der Waals surface area contributed by atoms with E-state index in [-0.39, 0.29) is 31.4 Å². The number of nitrogens with one attached hydrogen (secondary N) is 2. The smallest absolute Gasteiger partial charge is 0.346 e. The van der Waals surface area contributed by atoms with Gasteiger partial charge in [0.05, 0.1) is 13.1 Å². The number of carbonyl (C=O) groups excluding carboxylic acids is 2. The molecule has 1 rings (SSSR count). The Bertz CT molecular complexity index is 349. The number of carbonyl (C=O) groups is 2. The van der Waals surface area contributed by atoms with Crippen molar-refractivity contribution in [2.24, 2.45) is 0 Å². The fourth-order valence-corrected chi connectivity index (χ4v) is 1.80. The van der Waals surface area contributed by atoms with Crippen LogP contribution in [0.2, 0.25) is 0 Å². The summed E-state index contributed by atoms with van der Waals surface area (Å²) in [5, 5.41) is 4.87. The maximum atomic E-state index is 11.9. The molecule has 21 heavy (non-hydrogen) atoms. The largest absolute Gasteiger partial charge is 0.405 e. The monoisotopic (exact) mass is 332 g/mol. The van der Waals surface area contributed by atoms with Crippen molar-refractivity contribution in [3.8, 4) is 0 Å². The summed E-state index contributed by atoms with van der Waals surface area (Å²) in [7, 11) is 1.52. The molecule has 10 heteroatoms. The Morgan fingerprint density at radius 3 is 2.33 bits per heavy atom. The average Bonchev–Trinajstić information content (AvgIpc) is 2.36. The molecule has 0 aromatic heterocycles. The van der Waals surface area contributed by atoms with Crippen molar-refractivity contribution in [1.29, 1.82) is 0 Å². The van der Waals surface area contributed by atoms with Crippen molar-refractivity contribution in [2.75, 3.05) is 52.9 Å². The van der Waals surface area contributed by atoms with E-state index in [1.165, 1.54) is 11.9 Å². The van der Waals surface area contributed by atoms with Crippen molar-refractivity contribution in [1.82, 2.24) is 20.4 Å². The van der Waals surface area contributed by atoms with Crippen molar-refractivity contribution in [2.45, 2.75) is 6.18 Å². The van der Waals surface area contributed by atoms with E-state index >= 15 is 0 Å². The molecule has 2 amide bonds. The van der Waals surface area contributed by atoms with Gasteiger partial charge in [-0.1, -0.05) is 0 Å². The van der Waals surface area contributed by atoms with Gasteiger partial charge in [-0.25, -0.2) is 0 Å². The molecule has 124 valence electrons. The van der Waals surface area contributed by atoms with Crippen molar-refractivity contribution in [3.05, 3.63) is 0 Å². The summed E-state index contributed by atoms with van der Waals surface area (Å²) in [6, 6.07) is 0. The van der Waals surface area contributed by atoms with Gasteiger partial charge in [0.1, 0.15) is 6.54 Å². The summed E-state index contributed by atoms with van der Waals surface area (Å²) in [5.74, 6) is -0.879. The van der Waals surface area contributed by atoms with Gasteiger partial charge in [0.2, 0.25) is 11.8 Å². The minimum atomic E-state index is -4.43. The first-order chi connectivity index (χ1) is 9.28. The molecule has 6 nitrogen and oxygen atoms in total. The molecule has 0 atom stereocenters. The minimum absolute atomic E-state index is 0. The molecule has 1 saturated heterocycles. The molecule has 0 radical (unpaired) electrons. The van der Waals surface area contributed by atoms with E-state index < -0.39 is 18.6 Å². The molecule has 2 N–H and O–H groups in total. The highest BCUT2D eigenvalue weighted by Crippen LogP contribution is 2.11. The van der Waals surface area contributed by atoms with Crippen LogP contribution in [-0.4, -0.2) is 80.7 Å². The number of halogens is 4. The zero-order valence-corrected chi connectivity index (χ0v) is 12.5. The molecular formula is C11H20ClF3N4O2. The number of alkyl halides is 3. The van der Waals surface area contributed by atoms with Gasteiger partial charge < -0.3 is 15.5 Å². The van der Waals surface area contributed by atoms with Crippen LogP contribution in [0.1, 0.15) is 0 Å². The van der Waals surface area contributed by atoms with Crippen molar-refractivity contribution < 1.29 is 22.8 Å². The Labute approximate surface area is 127 Å². The lowest BCUT2D eigenvalue weighted by molar-refractivity contribution is -0.140. The first-order valence-corrected chi connectivity index (χ1v) is 6.28. The SMILES string of the molecule is CN(CC(=O)NCC(F)(F)F)CC(=O)N1CCNCC1.Cl. The maximum absolute atomic E-state index is 11.9. The predicted octanol–water partition coefficient (Wildman–Crippen LogP) is -0.550. The molecular weight excluding hydrogens is 313 g/mol. The summed E-state index contributed by atoms with van der Waals surface area (Å²) in [4.78, 5) is 26.2. The molecule has 0 unspecified atom stereocenters. The molecule has 0 saturated carbocycles. The third-order valence-electron chi connectivity index (χ3n) is 2.77. The number of nitrogens with zero attached hydrogens (tertiary/aromatic N) is 2.